The summed E-state index contributed by atoms with van der Waals surface area (Å²) in [6, 6.07) is 5.82. The summed E-state index contributed by atoms with van der Waals surface area (Å²) in [7, 11) is 0. The molecule has 0 aromatic heterocycles. The molecule has 2 rings (SSSR count). The zero-order valence-corrected chi connectivity index (χ0v) is 9.62. The van der Waals surface area contributed by atoms with Crippen LogP contribution >= 0.6 is 0 Å². The van der Waals surface area contributed by atoms with Crippen molar-refractivity contribution in [1.29, 1.82) is 5.41 Å². The number of hydrogen-bond donors (Lipinski definition) is 2. The summed E-state index contributed by atoms with van der Waals surface area (Å²) in [6.07, 6.45) is 2.64. The number of rotatable bonds is 5. The smallest absolute Gasteiger partial charge is 0.122 e. The molecule has 3 N–H and O–H groups in total. The van der Waals surface area contributed by atoms with Gasteiger partial charge in [0, 0.05) is 12.2 Å². The maximum atomic E-state index is 7.35. The van der Waals surface area contributed by atoms with Crippen LogP contribution in [0.15, 0.2) is 18.2 Å². The Balaban J connectivity index is 1.95. The molecule has 0 radical (unpaired) electrons. The van der Waals surface area contributed by atoms with Gasteiger partial charge in [-0.05, 0) is 42.9 Å². The first-order valence-electron chi connectivity index (χ1n) is 5.68. The van der Waals surface area contributed by atoms with Gasteiger partial charge in [0.05, 0.1) is 6.61 Å². The summed E-state index contributed by atoms with van der Waals surface area (Å²) >= 11 is 0. The van der Waals surface area contributed by atoms with Crippen LogP contribution in [0.5, 0.6) is 0 Å². The van der Waals surface area contributed by atoms with Crippen molar-refractivity contribution in [3.05, 3.63) is 34.9 Å². The van der Waals surface area contributed by atoms with E-state index in [1.807, 2.05) is 25.1 Å². The van der Waals surface area contributed by atoms with Crippen molar-refractivity contribution >= 4 is 5.84 Å². The number of hydrogen-bond acceptors (Lipinski definition) is 2. The van der Waals surface area contributed by atoms with E-state index in [9.17, 15) is 0 Å². The van der Waals surface area contributed by atoms with Crippen LogP contribution in [0.3, 0.4) is 0 Å². The van der Waals surface area contributed by atoms with Gasteiger partial charge in [-0.3, -0.25) is 5.41 Å². The highest BCUT2D eigenvalue weighted by atomic mass is 16.5. The van der Waals surface area contributed by atoms with Crippen LogP contribution in [0, 0.1) is 18.3 Å². The molecule has 0 unspecified atom stereocenters. The number of amidine groups is 1. The van der Waals surface area contributed by atoms with Crippen molar-refractivity contribution in [2.75, 3.05) is 6.61 Å². The van der Waals surface area contributed by atoms with E-state index in [1.165, 1.54) is 18.4 Å². The third kappa shape index (κ3) is 2.83. The molecule has 0 saturated heterocycles. The number of nitrogen functional groups attached to an aromatic ring is 1. The van der Waals surface area contributed by atoms with Crippen molar-refractivity contribution in [2.45, 2.75) is 26.4 Å². The largest absolute Gasteiger partial charge is 0.384 e. The fourth-order valence-corrected chi connectivity index (χ4v) is 1.65. The van der Waals surface area contributed by atoms with Gasteiger partial charge in [-0.2, -0.15) is 0 Å². The van der Waals surface area contributed by atoms with Crippen LogP contribution < -0.4 is 5.73 Å². The Labute approximate surface area is 96.1 Å². The Morgan fingerprint density at radius 1 is 1.50 bits per heavy atom. The molecule has 1 aromatic carbocycles. The van der Waals surface area contributed by atoms with E-state index in [-0.39, 0.29) is 5.84 Å². The van der Waals surface area contributed by atoms with Gasteiger partial charge in [0.25, 0.3) is 0 Å². The van der Waals surface area contributed by atoms with E-state index in [4.69, 9.17) is 15.9 Å². The zero-order valence-electron chi connectivity index (χ0n) is 9.62. The van der Waals surface area contributed by atoms with E-state index in [0.29, 0.717) is 6.61 Å². The number of benzene rings is 1. The Hall–Kier alpha value is -1.35. The molecule has 0 aliphatic heterocycles. The van der Waals surface area contributed by atoms with E-state index in [2.05, 4.69) is 0 Å². The molecule has 1 aromatic rings. The fourth-order valence-electron chi connectivity index (χ4n) is 1.65. The third-order valence-electron chi connectivity index (χ3n) is 2.96. The molecule has 0 amide bonds. The lowest BCUT2D eigenvalue weighted by atomic mass is 10.1. The summed E-state index contributed by atoms with van der Waals surface area (Å²) in [5.41, 5.74) is 8.54. The SMILES string of the molecule is Cc1cc(C(=N)N)ccc1COCC1CC1. The molecule has 0 spiro atoms. The van der Waals surface area contributed by atoms with Gasteiger partial charge in [-0.25, -0.2) is 0 Å². The van der Waals surface area contributed by atoms with Crippen molar-refractivity contribution in [2.24, 2.45) is 11.7 Å². The predicted octanol–water partition coefficient (Wildman–Crippen LogP) is 2.21. The van der Waals surface area contributed by atoms with E-state index in [0.717, 1.165) is 23.7 Å². The summed E-state index contributed by atoms with van der Waals surface area (Å²) in [6.45, 7) is 3.58. The Morgan fingerprint density at radius 2 is 2.25 bits per heavy atom. The molecule has 1 saturated carbocycles. The average Bonchev–Trinajstić information content (AvgIpc) is 3.04. The molecule has 3 nitrogen and oxygen atoms in total. The molecule has 0 atom stereocenters. The topological polar surface area (TPSA) is 59.1 Å². The summed E-state index contributed by atoms with van der Waals surface area (Å²) in [5, 5.41) is 7.35. The lowest BCUT2D eigenvalue weighted by Crippen LogP contribution is -2.11. The third-order valence-corrected chi connectivity index (χ3v) is 2.96. The second-order valence-electron chi connectivity index (χ2n) is 4.51. The Bertz CT molecular complexity index is 397. The van der Waals surface area contributed by atoms with Crippen molar-refractivity contribution in [3.63, 3.8) is 0 Å². The highest BCUT2D eigenvalue weighted by Crippen LogP contribution is 2.29. The van der Waals surface area contributed by atoms with Crippen LogP contribution in [0.4, 0.5) is 0 Å². The quantitative estimate of drug-likeness (QED) is 0.588. The molecule has 1 aliphatic rings. The molecule has 0 heterocycles. The highest BCUT2D eigenvalue weighted by Gasteiger charge is 2.21. The standard InChI is InChI=1S/C13H18N2O/c1-9-6-11(13(14)15)4-5-12(9)8-16-7-10-2-3-10/h4-6,10H,2-3,7-8H2,1H3,(H3,14,15). The first-order chi connectivity index (χ1) is 7.66. The van der Waals surface area contributed by atoms with Gasteiger partial charge in [0.2, 0.25) is 0 Å². The van der Waals surface area contributed by atoms with E-state index in [1.54, 1.807) is 0 Å². The normalized spacial score (nSPS) is 15.1. The number of ether oxygens (including phenoxy) is 1. The number of nitrogens with one attached hydrogen (secondary N) is 1. The Morgan fingerprint density at radius 3 is 2.81 bits per heavy atom. The van der Waals surface area contributed by atoms with Crippen LogP contribution in [-0.4, -0.2) is 12.4 Å². The minimum Gasteiger partial charge on any atom is -0.384 e. The first-order valence-corrected chi connectivity index (χ1v) is 5.68. The monoisotopic (exact) mass is 218 g/mol. The number of nitrogens with two attached hydrogens (primary N) is 1. The molecule has 0 bridgehead atoms. The lowest BCUT2D eigenvalue weighted by Gasteiger charge is -2.08. The fraction of sp³-hybridized carbons (Fsp3) is 0.462. The molecular formula is C13H18N2O. The molecule has 16 heavy (non-hydrogen) atoms. The average molecular weight is 218 g/mol. The molecule has 1 fully saturated rings. The molecule has 3 heteroatoms. The number of aryl methyl sites for hydroxylation is 1. The van der Waals surface area contributed by atoms with Gasteiger partial charge >= 0.3 is 0 Å². The van der Waals surface area contributed by atoms with E-state index >= 15 is 0 Å². The van der Waals surface area contributed by atoms with Gasteiger partial charge < -0.3 is 10.5 Å². The second kappa shape index (κ2) is 4.66. The lowest BCUT2D eigenvalue weighted by molar-refractivity contribution is 0.111. The van der Waals surface area contributed by atoms with Gasteiger partial charge in [-0.15, -0.1) is 0 Å². The summed E-state index contributed by atoms with van der Waals surface area (Å²) in [5.74, 6) is 0.922. The van der Waals surface area contributed by atoms with Crippen LogP contribution in [0.2, 0.25) is 0 Å². The second-order valence-corrected chi connectivity index (χ2v) is 4.51. The van der Waals surface area contributed by atoms with Crippen LogP contribution in [-0.2, 0) is 11.3 Å². The zero-order chi connectivity index (χ0) is 11.5. The minimum absolute atomic E-state index is 0.119. The van der Waals surface area contributed by atoms with Crippen molar-refractivity contribution < 1.29 is 4.74 Å². The van der Waals surface area contributed by atoms with Crippen LogP contribution in [0.1, 0.15) is 29.5 Å². The Kier molecular flexibility index (Phi) is 3.25. The minimum atomic E-state index is 0.119. The summed E-state index contributed by atoms with van der Waals surface area (Å²) in [4.78, 5) is 0. The van der Waals surface area contributed by atoms with Gasteiger partial charge in [-0.1, -0.05) is 12.1 Å². The maximum Gasteiger partial charge on any atom is 0.122 e. The molecule has 86 valence electrons. The van der Waals surface area contributed by atoms with Crippen molar-refractivity contribution in [1.82, 2.24) is 0 Å². The predicted molar refractivity (Wildman–Crippen MR) is 64.6 cm³/mol. The maximum absolute atomic E-state index is 7.35. The molecular weight excluding hydrogens is 200 g/mol. The van der Waals surface area contributed by atoms with Gasteiger partial charge in [0.15, 0.2) is 0 Å². The van der Waals surface area contributed by atoms with Crippen LogP contribution in [0.25, 0.3) is 0 Å². The first kappa shape index (κ1) is 11.1. The summed E-state index contributed by atoms with van der Waals surface area (Å²) < 4.78 is 5.64. The van der Waals surface area contributed by atoms with E-state index < -0.39 is 0 Å². The van der Waals surface area contributed by atoms with Crippen molar-refractivity contribution in [3.8, 4) is 0 Å². The molecule has 1 aliphatic carbocycles. The van der Waals surface area contributed by atoms with Gasteiger partial charge in [0.1, 0.15) is 5.84 Å². The highest BCUT2D eigenvalue weighted by molar-refractivity contribution is 5.95.